The largest absolute Gasteiger partial charge is 0.270 e. The highest BCUT2D eigenvalue weighted by molar-refractivity contribution is 9.08. The van der Waals surface area contributed by atoms with Crippen LogP contribution in [0.3, 0.4) is 0 Å². The zero-order valence-corrected chi connectivity index (χ0v) is 11.7. The fourth-order valence-corrected chi connectivity index (χ4v) is 2.10. The summed E-state index contributed by atoms with van der Waals surface area (Å²) in [4.78, 5) is 16.3. The molecule has 0 aliphatic rings. The van der Waals surface area contributed by atoms with Gasteiger partial charge in [0.25, 0.3) is 5.56 Å². The predicted octanol–water partition coefficient (Wildman–Crippen LogP) is 2.61. The van der Waals surface area contributed by atoms with E-state index in [1.807, 2.05) is 25.1 Å². The number of rotatable bonds is 4. The molecule has 0 unspecified atom stereocenters. The van der Waals surface area contributed by atoms with Gasteiger partial charge in [-0.25, -0.2) is 4.68 Å². The van der Waals surface area contributed by atoms with Gasteiger partial charge in [-0.15, -0.1) is 0 Å². The zero-order valence-electron chi connectivity index (χ0n) is 10.1. The molecule has 0 bridgehead atoms. The molecule has 2 rings (SSSR count). The van der Waals surface area contributed by atoms with E-state index in [9.17, 15) is 4.79 Å². The lowest BCUT2D eigenvalue weighted by molar-refractivity contribution is 0.566. The first-order valence-corrected chi connectivity index (χ1v) is 6.96. The van der Waals surface area contributed by atoms with Gasteiger partial charge in [0.05, 0.1) is 5.69 Å². The van der Waals surface area contributed by atoms with Gasteiger partial charge in [0.1, 0.15) is 5.69 Å². The third-order valence-corrected chi connectivity index (χ3v) is 3.16. The van der Waals surface area contributed by atoms with Crippen LogP contribution in [0.15, 0.2) is 35.3 Å². The van der Waals surface area contributed by atoms with Crippen molar-refractivity contribution in [2.24, 2.45) is 0 Å². The van der Waals surface area contributed by atoms with E-state index in [-0.39, 0.29) is 5.56 Å². The van der Waals surface area contributed by atoms with Crippen LogP contribution < -0.4 is 5.56 Å². The molecule has 2 heterocycles. The molecule has 0 saturated carbocycles. The summed E-state index contributed by atoms with van der Waals surface area (Å²) < 4.78 is 1.51. The summed E-state index contributed by atoms with van der Waals surface area (Å²) in [6, 6.07) is 7.46. The second kappa shape index (κ2) is 5.91. The van der Waals surface area contributed by atoms with Gasteiger partial charge in [0, 0.05) is 23.6 Å². The van der Waals surface area contributed by atoms with Gasteiger partial charge in [-0.05, 0) is 24.6 Å². The van der Waals surface area contributed by atoms with Gasteiger partial charge < -0.3 is 0 Å². The minimum atomic E-state index is -0.0339. The Morgan fingerprint density at radius 2 is 2.17 bits per heavy atom. The summed E-state index contributed by atoms with van der Waals surface area (Å²) in [6.45, 7) is 2.65. The lowest BCUT2D eigenvalue weighted by Crippen LogP contribution is -2.26. The first-order valence-electron chi connectivity index (χ1n) is 5.84. The lowest BCUT2D eigenvalue weighted by Gasteiger charge is -2.08. The van der Waals surface area contributed by atoms with E-state index in [0.717, 1.165) is 17.8 Å². The van der Waals surface area contributed by atoms with Gasteiger partial charge in [-0.1, -0.05) is 28.9 Å². The Kier molecular flexibility index (Phi) is 4.25. The highest BCUT2D eigenvalue weighted by atomic mass is 79.9. The second-order valence-electron chi connectivity index (χ2n) is 3.93. The summed E-state index contributed by atoms with van der Waals surface area (Å²) in [6.07, 6.45) is 2.60. The molecule has 2 aromatic heterocycles. The van der Waals surface area contributed by atoms with Crippen molar-refractivity contribution in [1.29, 1.82) is 0 Å². The van der Waals surface area contributed by atoms with Crippen molar-refractivity contribution in [3.8, 4) is 11.4 Å². The highest BCUT2D eigenvalue weighted by Crippen LogP contribution is 2.14. The Labute approximate surface area is 114 Å². The third kappa shape index (κ3) is 2.67. The first-order chi connectivity index (χ1) is 8.76. The van der Waals surface area contributed by atoms with Crippen LogP contribution in [0.2, 0.25) is 0 Å². The molecule has 0 spiro atoms. The molecule has 0 N–H and O–H groups in total. The van der Waals surface area contributed by atoms with Crippen LogP contribution in [-0.4, -0.2) is 14.8 Å². The number of nitrogens with zero attached hydrogens (tertiary/aromatic N) is 3. The lowest BCUT2D eigenvalue weighted by atomic mass is 10.2. The molecule has 0 atom stereocenters. The molecule has 0 aromatic carbocycles. The van der Waals surface area contributed by atoms with Crippen molar-refractivity contribution < 1.29 is 0 Å². The van der Waals surface area contributed by atoms with Crippen LogP contribution in [0.4, 0.5) is 0 Å². The predicted molar refractivity (Wildman–Crippen MR) is 74.7 cm³/mol. The molecule has 0 radical (unpaired) electrons. The molecule has 0 amide bonds. The monoisotopic (exact) mass is 307 g/mol. The molecule has 0 aliphatic heterocycles. The van der Waals surface area contributed by atoms with E-state index >= 15 is 0 Å². The Hall–Kier alpha value is -1.49. The van der Waals surface area contributed by atoms with Gasteiger partial charge in [-0.3, -0.25) is 9.78 Å². The number of aryl methyl sites for hydroxylation is 1. The maximum absolute atomic E-state index is 12.0. The van der Waals surface area contributed by atoms with E-state index in [2.05, 4.69) is 26.0 Å². The molecule has 18 heavy (non-hydrogen) atoms. The standard InChI is InChI=1S/C13H14BrN3O/c1-2-7-17-13(18)10(9-14)8-12(16-17)11-5-3-4-6-15-11/h3-6,8H,2,7,9H2,1H3. The SMILES string of the molecule is CCCn1nc(-c2ccccn2)cc(CBr)c1=O. The van der Waals surface area contributed by atoms with Crippen LogP contribution in [0, 0.1) is 0 Å². The fraction of sp³-hybridized carbons (Fsp3) is 0.308. The Morgan fingerprint density at radius 3 is 2.78 bits per heavy atom. The van der Waals surface area contributed by atoms with E-state index in [1.54, 1.807) is 12.3 Å². The van der Waals surface area contributed by atoms with E-state index < -0.39 is 0 Å². The molecule has 0 aliphatic carbocycles. The summed E-state index contributed by atoms with van der Waals surface area (Å²) in [5.74, 6) is 0. The number of hydrogen-bond donors (Lipinski definition) is 0. The van der Waals surface area contributed by atoms with Gasteiger partial charge in [-0.2, -0.15) is 5.10 Å². The Morgan fingerprint density at radius 1 is 1.33 bits per heavy atom. The summed E-state index contributed by atoms with van der Waals surface area (Å²) in [5.41, 5.74) is 2.19. The quantitative estimate of drug-likeness (QED) is 0.816. The highest BCUT2D eigenvalue weighted by Gasteiger charge is 2.09. The van der Waals surface area contributed by atoms with Gasteiger partial charge in [0.2, 0.25) is 0 Å². The molecule has 2 aromatic rings. The number of pyridine rings is 1. The summed E-state index contributed by atoms with van der Waals surface area (Å²) in [7, 11) is 0. The number of alkyl halides is 1. The van der Waals surface area contributed by atoms with Crippen molar-refractivity contribution in [3.63, 3.8) is 0 Å². The summed E-state index contributed by atoms with van der Waals surface area (Å²) >= 11 is 3.34. The van der Waals surface area contributed by atoms with Crippen LogP contribution in [0.1, 0.15) is 18.9 Å². The van der Waals surface area contributed by atoms with Gasteiger partial charge in [0.15, 0.2) is 0 Å². The van der Waals surface area contributed by atoms with Crippen molar-refractivity contribution in [1.82, 2.24) is 14.8 Å². The zero-order chi connectivity index (χ0) is 13.0. The number of halogens is 1. The van der Waals surface area contributed by atoms with Crippen molar-refractivity contribution in [2.75, 3.05) is 0 Å². The van der Waals surface area contributed by atoms with E-state index in [0.29, 0.717) is 17.4 Å². The maximum Gasteiger partial charge on any atom is 0.270 e. The minimum absolute atomic E-state index is 0.0339. The van der Waals surface area contributed by atoms with Crippen LogP contribution in [0.25, 0.3) is 11.4 Å². The first kappa shape index (κ1) is 13.0. The number of aromatic nitrogens is 3. The molecular weight excluding hydrogens is 294 g/mol. The van der Waals surface area contributed by atoms with Gasteiger partial charge >= 0.3 is 0 Å². The molecule has 4 nitrogen and oxygen atoms in total. The Balaban J connectivity index is 2.55. The van der Waals surface area contributed by atoms with Crippen molar-refractivity contribution in [3.05, 3.63) is 46.4 Å². The van der Waals surface area contributed by atoms with Crippen LogP contribution in [-0.2, 0) is 11.9 Å². The van der Waals surface area contributed by atoms with Crippen molar-refractivity contribution >= 4 is 15.9 Å². The molecular formula is C13H14BrN3O. The topological polar surface area (TPSA) is 47.8 Å². The molecule has 0 saturated heterocycles. The molecule has 5 heteroatoms. The smallest absolute Gasteiger partial charge is 0.267 e. The molecule has 0 fully saturated rings. The average Bonchev–Trinajstić information content (AvgIpc) is 2.42. The average molecular weight is 308 g/mol. The maximum atomic E-state index is 12.0. The fourth-order valence-electron chi connectivity index (χ4n) is 1.70. The molecule has 94 valence electrons. The van der Waals surface area contributed by atoms with Crippen molar-refractivity contribution in [2.45, 2.75) is 25.2 Å². The number of hydrogen-bond acceptors (Lipinski definition) is 3. The second-order valence-corrected chi connectivity index (χ2v) is 4.49. The third-order valence-electron chi connectivity index (χ3n) is 2.56. The summed E-state index contributed by atoms with van der Waals surface area (Å²) in [5, 5.41) is 4.89. The van der Waals surface area contributed by atoms with E-state index in [1.165, 1.54) is 4.68 Å². The van der Waals surface area contributed by atoms with Crippen LogP contribution >= 0.6 is 15.9 Å². The van der Waals surface area contributed by atoms with E-state index in [4.69, 9.17) is 0 Å². The van der Waals surface area contributed by atoms with Crippen LogP contribution in [0.5, 0.6) is 0 Å². The normalized spacial score (nSPS) is 10.6. The minimum Gasteiger partial charge on any atom is -0.267 e. The Bertz CT molecular complexity index is 581.